The highest BCUT2D eigenvalue weighted by Gasteiger charge is 2.20. The number of oxazole rings is 1. The molecule has 0 bridgehead atoms. The maximum Gasteiger partial charge on any atom is 0.417 e. The van der Waals surface area contributed by atoms with E-state index in [1.54, 1.807) is 12.1 Å². The van der Waals surface area contributed by atoms with Crippen molar-refractivity contribution in [2.75, 3.05) is 7.05 Å². The van der Waals surface area contributed by atoms with E-state index in [0.717, 1.165) is 12.0 Å². The van der Waals surface area contributed by atoms with Crippen LogP contribution in [0.5, 0.6) is 0 Å². The first-order valence-electron chi connectivity index (χ1n) is 5.89. The van der Waals surface area contributed by atoms with Gasteiger partial charge in [-0.3, -0.25) is 4.98 Å². The minimum Gasteiger partial charge on any atom is -0.408 e. The number of nitrogens with one attached hydrogen (secondary N) is 2. The van der Waals surface area contributed by atoms with Crippen LogP contribution in [-0.2, 0) is 0 Å². The Morgan fingerprint density at radius 1 is 1.56 bits per heavy atom. The Morgan fingerprint density at radius 3 is 2.94 bits per heavy atom. The van der Waals surface area contributed by atoms with Crippen molar-refractivity contribution in [2.24, 2.45) is 5.92 Å². The fourth-order valence-electron chi connectivity index (χ4n) is 2.16. The van der Waals surface area contributed by atoms with Crippen LogP contribution in [-0.4, -0.2) is 12.0 Å². The lowest BCUT2D eigenvalue weighted by Crippen LogP contribution is -2.23. The van der Waals surface area contributed by atoms with Crippen LogP contribution in [0.4, 0.5) is 0 Å². The molecule has 5 nitrogen and oxygen atoms in total. The van der Waals surface area contributed by atoms with Crippen LogP contribution >= 0.6 is 0 Å². The minimum absolute atomic E-state index is 0.0652. The van der Waals surface area contributed by atoms with Gasteiger partial charge in [-0.05, 0) is 31.2 Å². The summed E-state index contributed by atoms with van der Waals surface area (Å²) >= 11 is 0. The van der Waals surface area contributed by atoms with Gasteiger partial charge in [-0.25, -0.2) is 4.79 Å². The molecule has 1 aromatic heterocycles. The molecule has 0 fully saturated rings. The summed E-state index contributed by atoms with van der Waals surface area (Å²) in [5, 5.41) is 12.3. The monoisotopic (exact) mass is 245 g/mol. The summed E-state index contributed by atoms with van der Waals surface area (Å²) in [5.74, 6) is -0.575. The molecule has 2 aromatic rings. The minimum atomic E-state index is -0.463. The molecule has 0 aliphatic rings. The molecule has 18 heavy (non-hydrogen) atoms. The highest BCUT2D eigenvalue weighted by molar-refractivity contribution is 5.72. The Morgan fingerprint density at radius 2 is 2.33 bits per heavy atom. The van der Waals surface area contributed by atoms with Crippen LogP contribution < -0.4 is 11.1 Å². The number of nitrogens with zero attached hydrogens (tertiary/aromatic N) is 1. The predicted molar refractivity (Wildman–Crippen MR) is 68.0 cm³/mol. The van der Waals surface area contributed by atoms with Crippen LogP contribution in [0.1, 0.15) is 24.9 Å². The Hall–Kier alpha value is -2.06. The summed E-state index contributed by atoms with van der Waals surface area (Å²) in [4.78, 5) is 13.7. The van der Waals surface area contributed by atoms with E-state index in [2.05, 4.69) is 16.4 Å². The molecular formula is C13H15N3O2. The van der Waals surface area contributed by atoms with E-state index in [-0.39, 0.29) is 12.0 Å². The highest BCUT2D eigenvalue weighted by Crippen LogP contribution is 2.26. The van der Waals surface area contributed by atoms with Crippen molar-refractivity contribution in [2.45, 2.75) is 19.4 Å². The van der Waals surface area contributed by atoms with Gasteiger partial charge in [0.1, 0.15) is 0 Å². The zero-order chi connectivity index (χ0) is 13.1. The van der Waals surface area contributed by atoms with Crippen molar-refractivity contribution in [1.29, 1.82) is 5.26 Å². The van der Waals surface area contributed by atoms with Gasteiger partial charge >= 0.3 is 5.76 Å². The molecular weight excluding hydrogens is 230 g/mol. The van der Waals surface area contributed by atoms with Crippen molar-refractivity contribution >= 4 is 11.1 Å². The molecule has 0 spiro atoms. The largest absolute Gasteiger partial charge is 0.417 e. The lowest BCUT2D eigenvalue weighted by molar-refractivity contribution is 0.449. The van der Waals surface area contributed by atoms with Crippen LogP contribution in [0.15, 0.2) is 27.4 Å². The zero-order valence-electron chi connectivity index (χ0n) is 10.4. The lowest BCUT2D eigenvalue weighted by Gasteiger charge is -2.20. The van der Waals surface area contributed by atoms with Crippen molar-refractivity contribution in [3.63, 3.8) is 0 Å². The number of hydrogen-bond donors (Lipinski definition) is 2. The van der Waals surface area contributed by atoms with Gasteiger partial charge in [-0.15, -0.1) is 0 Å². The first kappa shape index (κ1) is 12.4. The van der Waals surface area contributed by atoms with Gasteiger partial charge in [0, 0.05) is 6.04 Å². The summed E-state index contributed by atoms with van der Waals surface area (Å²) < 4.78 is 5.03. The third-order valence-corrected chi connectivity index (χ3v) is 3.12. The molecule has 1 heterocycles. The van der Waals surface area contributed by atoms with Crippen LogP contribution in [0.3, 0.4) is 0 Å². The van der Waals surface area contributed by atoms with E-state index in [1.807, 2.05) is 20.0 Å². The Labute approximate surface area is 104 Å². The van der Waals surface area contributed by atoms with Crippen molar-refractivity contribution in [3.8, 4) is 6.07 Å². The van der Waals surface area contributed by atoms with Gasteiger partial charge < -0.3 is 9.73 Å². The third-order valence-electron chi connectivity index (χ3n) is 3.12. The maximum atomic E-state index is 11.1. The number of aromatic amines is 1. The summed E-state index contributed by atoms with van der Waals surface area (Å²) in [7, 11) is 1.82. The molecule has 2 N–H and O–H groups in total. The second kappa shape index (κ2) is 5.07. The van der Waals surface area contributed by atoms with E-state index in [1.165, 1.54) is 0 Å². The van der Waals surface area contributed by atoms with Gasteiger partial charge in [0.25, 0.3) is 0 Å². The number of hydrogen-bond acceptors (Lipinski definition) is 4. The SMILES string of the molecule is CCC(C#N)C(NC)c1ccc2[nH]c(=O)oc2c1. The number of H-pyrrole nitrogens is 1. The quantitative estimate of drug-likeness (QED) is 0.862. The first-order chi connectivity index (χ1) is 8.69. The molecule has 0 aliphatic heterocycles. The van der Waals surface area contributed by atoms with Crippen LogP contribution in [0.25, 0.3) is 11.1 Å². The average molecular weight is 245 g/mol. The van der Waals surface area contributed by atoms with Crippen molar-refractivity contribution < 1.29 is 4.42 Å². The molecule has 2 unspecified atom stereocenters. The molecule has 5 heteroatoms. The average Bonchev–Trinajstić information content (AvgIpc) is 2.74. The number of rotatable bonds is 4. The highest BCUT2D eigenvalue weighted by atomic mass is 16.4. The zero-order valence-corrected chi connectivity index (χ0v) is 10.4. The van der Waals surface area contributed by atoms with Crippen LogP contribution in [0, 0.1) is 17.2 Å². The fourth-order valence-corrected chi connectivity index (χ4v) is 2.16. The standard InChI is InChI=1S/C13H15N3O2/c1-3-8(7-14)12(15-2)9-4-5-10-11(6-9)18-13(17)16-10/h4-6,8,12,15H,3H2,1-2H3,(H,16,17). The maximum absolute atomic E-state index is 11.1. The summed E-state index contributed by atoms with van der Waals surface area (Å²) in [6.45, 7) is 1.98. The van der Waals surface area contributed by atoms with Crippen molar-refractivity contribution in [3.05, 3.63) is 34.3 Å². The lowest BCUT2D eigenvalue weighted by atomic mass is 9.92. The molecule has 1 aromatic carbocycles. The van der Waals surface area contributed by atoms with Crippen molar-refractivity contribution in [1.82, 2.24) is 10.3 Å². The molecule has 0 saturated heterocycles. The van der Waals surface area contributed by atoms with E-state index >= 15 is 0 Å². The van der Waals surface area contributed by atoms with Gasteiger partial charge in [0.15, 0.2) is 5.58 Å². The Balaban J connectivity index is 2.45. The van der Waals surface area contributed by atoms with Crippen LogP contribution in [0.2, 0.25) is 0 Å². The fraction of sp³-hybridized carbons (Fsp3) is 0.385. The summed E-state index contributed by atoms with van der Waals surface area (Å²) in [5.41, 5.74) is 2.13. The van der Waals surface area contributed by atoms with E-state index < -0.39 is 5.76 Å². The number of nitriles is 1. The number of benzene rings is 1. The Bertz CT molecular complexity index is 635. The van der Waals surface area contributed by atoms with Gasteiger partial charge in [-0.1, -0.05) is 13.0 Å². The van der Waals surface area contributed by atoms with E-state index in [4.69, 9.17) is 9.68 Å². The smallest absolute Gasteiger partial charge is 0.408 e. The normalized spacial score (nSPS) is 14.3. The molecule has 2 rings (SSSR count). The van der Waals surface area contributed by atoms with E-state index in [9.17, 15) is 4.79 Å². The number of fused-ring (bicyclic) bond motifs is 1. The Kier molecular flexibility index (Phi) is 3.49. The summed E-state index contributed by atoms with van der Waals surface area (Å²) in [6.07, 6.45) is 0.761. The van der Waals surface area contributed by atoms with Gasteiger partial charge in [0.2, 0.25) is 0 Å². The van der Waals surface area contributed by atoms with Gasteiger partial charge in [-0.2, -0.15) is 5.26 Å². The molecule has 0 radical (unpaired) electrons. The molecule has 94 valence electrons. The van der Waals surface area contributed by atoms with E-state index in [0.29, 0.717) is 11.1 Å². The molecule has 0 amide bonds. The number of aromatic nitrogens is 1. The van der Waals surface area contributed by atoms with Gasteiger partial charge in [0.05, 0.1) is 17.5 Å². The first-order valence-corrected chi connectivity index (χ1v) is 5.89. The molecule has 0 saturated carbocycles. The molecule has 2 atom stereocenters. The topological polar surface area (TPSA) is 81.8 Å². The second-order valence-electron chi connectivity index (χ2n) is 4.18. The third kappa shape index (κ3) is 2.15. The summed E-state index contributed by atoms with van der Waals surface area (Å²) in [6, 6.07) is 7.72. The predicted octanol–water partition coefficient (Wildman–Crippen LogP) is 1.93. The second-order valence-corrected chi connectivity index (χ2v) is 4.18. The molecule has 0 aliphatic carbocycles.